The van der Waals surface area contributed by atoms with Gasteiger partial charge in [0.25, 0.3) is 0 Å². The zero-order valence-electron chi connectivity index (χ0n) is 12.1. The highest BCUT2D eigenvalue weighted by Gasteiger charge is 2.41. The summed E-state index contributed by atoms with van der Waals surface area (Å²) >= 11 is 0. The zero-order chi connectivity index (χ0) is 14.6. The van der Waals surface area contributed by atoms with Crippen molar-refractivity contribution in [2.75, 3.05) is 6.54 Å². The van der Waals surface area contributed by atoms with Crippen LogP contribution in [0.25, 0.3) is 0 Å². The number of amides is 2. The minimum Gasteiger partial charge on any atom is -0.342 e. The van der Waals surface area contributed by atoms with Crippen molar-refractivity contribution in [2.45, 2.75) is 45.2 Å². The van der Waals surface area contributed by atoms with Gasteiger partial charge in [0.15, 0.2) is 0 Å². The molecule has 0 aromatic carbocycles. The van der Waals surface area contributed by atoms with Gasteiger partial charge in [-0.1, -0.05) is 13.8 Å². The molecule has 20 heavy (non-hydrogen) atoms. The first-order chi connectivity index (χ1) is 9.61. The molecule has 2 rings (SSSR count). The molecule has 1 aliphatic heterocycles. The molecule has 1 fully saturated rings. The highest BCUT2D eigenvalue weighted by atomic mass is 16.2. The van der Waals surface area contributed by atoms with Crippen LogP contribution in [0.5, 0.6) is 0 Å². The monoisotopic (exact) mass is 275 g/mol. The lowest BCUT2D eigenvalue weighted by Gasteiger charge is -2.33. The minimum atomic E-state index is -0.749. The van der Waals surface area contributed by atoms with Crippen LogP contribution in [0.1, 0.15) is 38.7 Å². The van der Waals surface area contributed by atoms with Gasteiger partial charge >= 0.3 is 0 Å². The van der Waals surface area contributed by atoms with E-state index < -0.39 is 5.54 Å². The van der Waals surface area contributed by atoms with Crippen molar-refractivity contribution in [3.63, 3.8) is 0 Å². The van der Waals surface area contributed by atoms with Crippen LogP contribution < -0.4 is 5.32 Å². The molecule has 1 aromatic heterocycles. The van der Waals surface area contributed by atoms with E-state index in [1.54, 1.807) is 17.3 Å². The van der Waals surface area contributed by atoms with E-state index in [0.717, 1.165) is 5.56 Å². The van der Waals surface area contributed by atoms with Gasteiger partial charge in [0.2, 0.25) is 11.8 Å². The lowest BCUT2D eigenvalue weighted by atomic mass is 9.91. The van der Waals surface area contributed by atoms with E-state index >= 15 is 0 Å². The Labute approximate surface area is 119 Å². The van der Waals surface area contributed by atoms with Gasteiger partial charge in [0, 0.05) is 31.9 Å². The number of nitrogens with zero attached hydrogens (tertiary/aromatic N) is 2. The Balaban J connectivity index is 2.24. The zero-order valence-corrected chi connectivity index (χ0v) is 12.1. The Hall–Kier alpha value is -1.91. The first-order valence-electron chi connectivity index (χ1n) is 7.10. The number of aromatic nitrogens is 1. The summed E-state index contributed by atoms with van der Waals surface area (Å²) in [5.74, 6) is -0.0237. The summed E-state index contributed by atoms with van der Waals surface area (Å²) in [6.07, 6.45) is 5.02. The largest absolute Gasteiger partial charge is 0.342 e. The Kier molecular flexibility index (Phi) is 4.37. The maximum absolute atomic E-state index is 12.8. The van der Waals surface area contributed by atoms with E-state index in [0.29, 0.717) is 32.4 Å². The van der Waals surface area contributed by atoms with Crippen LogP contribution in [0.3, 0.4) is 0 Å². The number of nitrogens with one attached hydrogen (secondary N) is 1. The van der Waals surface area contributed by atoms with Crippen LogP contribution in [-0.2, 0) is 16.1 Å². The molecule has 1 saturated heterocycles. The van der Waals surface area contributed by atoms with Crippen LogP contribution in [0.15, 0.2) is 24.5 Å². The molecule has 5 nitrogen and oxygen atoms in total. The van der Waals surface area contributed by atoms with E-state index in [4.69, 9.17) is 0 Å². The van der Waals surface area contributed by atoms with Gasteiger partial charge in [0.05, 0.1) is 0 Å². The van der Waals surface area contributed by atoms with Crippen LogP contribution in [0, 0.1) is 0 Å². The molecular weight excluding hydrogens is 254 g/mol. The molecule has 0 saturated carbocycles. The van der Waals surface area contributed by atoms with Crippen molar-refractivity contribution < 1.29 is 9.59 Å². The second-order valence-electron chi connectivity index (χ2n) is 5.17. The smallest absolute Gasteiger partial charge is 0.248 e. The SMILES string of the molecule is CCC1(CC)NC(=O)CCN(Cc2ccncc2)C1=O. The predicted molar refractivity (Wildman–Crippen MR) is 75.7 cm³/mol. The number of carbonyl (C=O) groups is 2. The van der Waals surface area contributed by atoms with Crippen LogP contribution in [0.2, 0.25) is 0 Å². The third kappa shape index (κ3) is 2.81. The molecule has 108 valence electrons. The highest BCUT2D eigenvalue weighted by molar-refractivity contribution is 5.93. The van der Waals surface area contributed by atoms with E-state index in [1.807, 2.05) is 26.0 Å². The van der Waals surface area contributed by atoms with E-state index in [9.17, 15) is 9.59 Å². The topological polar surface area (TPSA) is 62.3 Å². The van der Waals surface area contributed by atoms with Gasteiger partial charge in [-0.05, 0) is 30.5 Å². The van der Waals surface area contributed by atoms with Gasteiger partial charge in [-0.3, -0.25) is 14.6 Å². The normalized spacial score (nSPS) is 18.6. The number of hydrogen-bond acceptors (Lipinski definition) is 3. The molecule has 0 atom stereocenters. The van der Waals surface area contributed by atoms with E-state index in [-0.39, 0.29) is 11.8 Å². The third-order valence-electron chi connectivity index (χ3n) is 4.01. The quantitative estimate of drug-likeness (QED) is 0.905. The van der Waals surface area contributed by atoms with E-state index in [2.05, 4.69) is 10.3 Å². The molecule has 5 heteroatoms. The average molecular weight is 275 g/mol. The second kappa shape index (κ2) is 6.03. The van der Waals surface area contributed by atoms with Gasteiger partial charge < -0.3 is 10.2 Å². The summed E-state index contributed by atoms with van der Waals surface area (Å²) in [7, 11) is 0. The highest BCUT2D eigenvalue weighted by Crippen LogP contribution is 2.23. The Morgan fingerprint density at radius 3 is 2.50 bits per heavy atom. The molecule has 1 aliphatic rings. The lowest BCUT2D eigenvalue weighted by molar-refractivity contribution is -0.139. The first-order valence-corrected chi connectivity index (χ1v) is 7.10. The van der Waals surface area contributed by atoms with Crippen molar-refractivity contribution >= 4 is 11.8 Å². The van der Waals surface area contributed by atoms with Crippen molar-refractivity contribution in [1.82, 2.24) is 15.2 Å². The van der Waals surface area contributed by atoms with Gasteiger partial charge in [0.1, 0.15) is 5.54 Å². The fourth-order valence-electron chi connectivity index (χ4n) is 2.61. The molecule has 0 spiro atoms. The number of rotatable bonds is 4. The number of pyridine rings is 1. The van der Waals surface area contributed by atoms with E-state index in [1.165, 1.54) is 0 Å². The maximum atomic E-state index is 12.8. The summed E-state index contributed by atoms with van der Waals surface area (Å²) in [5.41, 5.74) is 0.282. The molecule has 0 unspecified atom stereocenters. The summed E-state index contributed by atoms with van der Waals surface area (Å²) in [4.78, 5) is 30.4. The fourth-order valence-corrected chi connectivity index (χ4v) is 2.61. The Morgan fingerprint density at radius 2 is 1.90 bits per heavy atom. The Morgan fingerprint density at radius 1 is 1.25 bits per heavy atom. The summed E-state index contributed by atoms with van der Waals surface area (Å²) in [6, 6.07) is 3.79. The van der Waals surface area contributed by atoms with Crippen molar-refractivity contribution in [2.24, 2.45) is 0 Å². The molecule has 1 N–H and O–H groups in total. The minimum absolute atomic E-state index is 0.0187. The average Bonchev–Trinajstić information content (AvgIpc) is 2.60. The maximum Gasteiger partial charge on any atom is 0.248 e. The lowest BCUT2D eigenvalue weighted by Crippen LogP contribution is -2.56. The van der Waals surface area contributed by atoms with Gasteiger partial charge in [-0.25, -0.2) is 0 Å². The third-order valence-corrected chi connectivity index (χ3v) is 4.01. The molecular formula is C15H21N3O2. The molecule has 2 amide bonds. The van der Waals surface area contributed by atoms with Crippen molar-refractivity contribution in [3.8, 4) is 0 Å². The summed E-state index contributed by atoms with van der Waals surface area (Å²) in [6.45, 7) is 4.88. The number of carbonyl (C=O) groups excluding carboxylic acids is 2. The van der Waals surface area contributed by atoms with Gasteiger partial charge in [-0.2, -0.15) is 0 Å². The predicted octanol–water partition coefficient (Wildman–Crippen LogP) is 1.49. The van der Waals surface area contributed by atoms with Crippen LogP contribution in [-0.4, -0.2) is 33.8 Å². The molecule has 1 aromatic rings. The fraction of sp³-hybridized carbons (Fsp3) is 0.533. The summed E-state index contributed by atoms with van der Waals surface area (Å²) in [5, 5.41) is 2.91. The van der Waals surface area contributed by atoms with Crippen LogP contribution in [0.4, 0.5) is 0 Å². The second-order valence-corrected chi connectivity index (χ2v) is 5.17. The van der Waals surface area contributed by atoms with Crippen molar-refractivity contribution in [3.05, 3.63) is 30.1 Å². The number of hydrogen-bond donors (Lipinski definition) is 1. The molecule has 2 heterocycles. The summed E-state index contributed by atoms with van der Waals surface area (Å²) < 4.78 is 0. The van der Waals surface area contributed by atoms with Crippen LogP contribution >= 0.6 is 0 Å². The van der Waals surface area contributed by atoms with Crippen molar-refractivity contribution in [1.29, 1.82) is 0 Å². The van der Waals surface area contributed by atoms with Gasteiger partial charge in [-0.15, -0.1) is 0 Å². The Bertz CT molecular complexity index is 483. The molecule has 0 bridgehead atoms. The molecule has 0 aliphatic carbocycles. The standard InChI is InChI=1S/C15H21N3O2/c1-3-15(4-2)14(20)18(10-7-13(19)17-15)11-12-5-8-16-9-6-12/h5-6,8-9H,3-4,7,10-11H2,1-2H3,(H,17,19). The molecule has 0 radical (unpaired) electrons. The first kappa shape index (κ1) is 14.5.